The van der Waals surface area contributed by atoms with Crippen LogP contribution in [0, 0.1) is 0 Å². The molecule has 0 bridgehead atoms. The minimum absolute atomic E-state index is 0.0874. The number of carbonyl (C=O) groups excluding carboxylic acids is 2. The van der Waals surface area contributed by atoms with E-state index in [9.17, 15) is 18.0 Å². The van der Waals surface area contributed by atoms with Gasteiger partial charge in [0.25, 0.3) is 0 Å². The summed E-state index contributed by atoms with van der Waals surface area (Å²) >= 11 is 0. The minimum Gasteiger partial charge on any atom is -0.296 e. The second-order valence-corrected chi connectivity index (χ2v) is 6.70. The highest BCUT2D eigenvalue weighted by Gasteiger charge is 2.43. The van der Waals surface area contributed by atoms with Crippen LogP contribution in [-0.4, -0.2) is 26.5 Å². The zero-order chi connectivity index (χ0) is 13.6. The highest BCUT2D eigenvalue weighted by Crippen LogP contribution is 2.32. The fourth-order valence-electron chi connectivity index (χ4n) is 2.01. The third-order valence-corrected chi connectivity index (χ3v) is 4.32. The Balaban J connectivity index is 2.42. The van der Waals surface area contributed by atoms with E-state index >= 15 is 0 Å². The van der Waals surface area contributed by atoms with Gasteiger partial charge in [-0.2, -0.15) is 0 Å². The monoisotopic (exact) mass is 267 g/mol. The van der Waals surface area contributed by atoms with E-state index in [1.807, 2.05) is 0 Å². The molecule has 96 valence electrons. The smallest absolute Gasteiger partial charge is 0.237 e. The van der Waals surface area contributed by atoms with Crippen molar-refractivity contribution in [3.05, 3.63) is 29.8 Å². The molecule has 1 aliphatic heterocycles. The average Bonchev–Trinajstić information content (AvgIpc) is 2.53. The number of nitrogens with one attached hydrogen (secondary N) is 1. The van der Waals surface area contributed by atoms with Crippen LogP contribution >= 0.6 is 0 Å². The third kappa shape index (κ3) is 2.03. The molecule has 1 N–H and O–H groups in total. The summed E-state index contributed by atoms with van der Waals surface area (Å²) in [6.45, 7) is 1.67. The van der Waals surface area contributed by atoms with Gasteiger partial charge in [-0.05, 0) is 24.6 Å². The van der Waals surface area contributed by atoms with E-state index in [4.69, 9.17) is 0 Å². The SMILES string of the molecule is CC1(c2ccc(S(C)(=O)=O)cc2)CC(=O)NC1=O. The molecule has 6 heteroatoms. The van der Waals surface area contributed by atoms with Crippen LogP contribution in [0.5, 0.6) is 0 Å². The van der Waals surface area contributed by atoms with Crippen molar-refractivity contribution in [1.82, 2.24) is 5.32 Å². The van der Waals surface area contributed by atoms with Crippen molar-refractivity contribution in [2.24, 2.45) is 0 Å². The molecule has 1 heterocycles. The van der Waals surface area contributed by atoms with Crippen molar-refractivity contribution in [2.75, 3.05) is 6.26 Å². The summed E-state index contributed by atoms with van der Waals surface area (Å²) in [7, 11) is -3.25. The van der Waals surface area contributed by atoms with Crippen LogP contribution in [0.3, 0.4) is 0 Å². The first-order chi connectivity index (χ1) is 8.23. The normalized spacial score (nSPS) is 24.1. The zero-order valence-corrected chi connectivity index (χ0v) is 10.9. The van der Waals surface area contributed by atoms with E-state index < -0.39 is 15.3 Å². The Morgan fingerprint density at radius 2 is 1.72 bits per heavy atom. The van der Waals surface area contributed by atoms with Crippen LogP contribution in [-0.2, 0) is 24.8 Å². The Labute approximate surface area is 105 Å². The van der Waals surface area contributed by atoms with E-state index in [1.165, 1.54) is 12.1 Å². The molecule has 0 saturated carbocycles. The fourth-order valence-corrected chi connectivity index (χ4v) is 2.64. The number of carbonyl (C=O) groups is 2. The average molecular weight is 267 g/mol. The molecular formula is C12H13NO4S. The number of rotatable bonds is 2. The molecule has 1 unspecified atom stereocenters. The van der Waals surface area contributed by atoms with Gasteiger partial charge in [-0.3, -0.25) is 14.9 Å². The van der Waals surface area contributed by atoms with Crippen LogP contribution in [0.2, 0.25) is 0 Å². The lowest BCUT2D eigenvalue weighted by Gasteiger charge is -2.20. The lowest BCUT2D eigenvalue weighted by atomic mass is 9.81. The van der Waals surface area contributed by atoms with Crippen molar-refractivity contribution in [2.45, 2.75) is 23.7 Å². The van der Waals surface area contributed by atoms with E-state index in [2.05, 4.69) is 5.32 Å². The van der Waals surface area contributed by atoms with Gasteiger partial charge in [0.15, 0.2) is 9.84 Å². The molecule has 1 saturated heterocycles. The second kappa shape index (κ2) is 3.91. The first-order valence-electron chi connectivity index (χ1n) is 5.38. The predicted molar refractivity (Wildman–Crippen MR) is 64.7 cm³/mol. The Bertz CT molecular complexity index is 618. The van der Waals surface area contributed by atoms with Crippen LogP contribution in [0.25, 0.3) is 0 Å². The van der Waals surface area contributed by atoms with Crippen molar-refractivity contribution < 1.29 is 18.0 Å². The molecule has 1 aromatic rings. The summed E-state index contributed by atoms with van der Waals surface area (Å²) in [5.41, 5.74) is -0.272. The van der Waals surface area contributed by atoms with Gasteiger partial charge < -0.3 is 0 Å². The number of hydrogen-bond donors (Lipinski definition) is 1. The molecule has 0 aromatic heterocycles. The van der Waals surface area contributed by atoms with Crippen molar-refractivity contribution >= 4 is 21.7 Å². The summed E-state index contributed by atoms with van der Waals surface area (Å²) in [5.74, 6) is -0.658. The zero-order valence-electron chi connectivity index (χ0n) is 10.1. The Morgan fingerprint density at radius 3 is 2.11 bits per heavy atom. The van der Waals surface area contributed by atoms with Crippen molar-refractivity contribution in [3.8, 4) is 0 Å². The summed E-state index contributed by atoms with van der Waals surface area (Å²) in [6, 6.07) is 6.06. The van der Waals surface area contributed by atoms with Crippen LogP contribution in [0.1, 0.15) is 18.9 Å². The quantitative estimate of drug-likeness (QED) is 0.786. The van der Waals surface area contributed by atoms with Gasteiger partial charge in [0, 0.05) is 12.7 Å². The molecule has 2 amide bonds. The first kappa shape index (κ1) is 12.8. The Kier molecular flexibility index (Phi) is 2.77. The van der Waals surface area contributed by atoms with Crippen LogP contribution in [0.15, 0.2) is 29.2 Å². The molecule has 1 aromatic carbocycles. The van der Waals surface area contributed by atoms with Gasteiger partial charge in [-0.25, -0.2) is 8.42 Å². The predicted octanol–water partition coefficient (Wildman–Crippen LogP) is 0.394. The molecule has 2 rings (SSSR count). The fraction of sp³-hybridized carbons (Fsp3) is 0.333. The maximum absolute atomic E-state index is 11.7. The van der Waals surface area contributed by atoms with Gasteiger partial charge in [-0.1, -0.05) is 12.1 Å². The van der Waals surface area contributed by atoms with Gasteiger partial charge in [0.05, 0.1) is 10.3 Å². The first-order valence-corrected chi connectivity index (χ1v) is 7.27. The topological polar surface area (TPSA) is 80.3 Å². The van der Waals surface area contributed by atoms with Crippen molar-refractivity contribution in [1.29, 1.82) is 0 Å². The molecule has 0 aliphatic carbocycles. The molecule has 0 spiro atoms. The molecule has 5 nitrogen and oxygen atoms in total. The van der Waals surface area contributed by atoms with E-state index in [0.717, 1.165) is 6.26 Å². The Morgan fingerprint density at radius 1 is 1.17 bits per heavy atom. The van der Waals surface area contributed by atoms with E-state index in [-0.39, 0.29) is 23.1 Å². The van der Waals surface area contributed by atoms with Gasteiger partial charge in [0.1, 0.15) is 0 Å². The number of hydrogen-bond acceptors (Lipinski definition) is 4. The minimum atomic E-state index is -3.25. The summed E-state index contributed by atoms with van der Waals surface area (Å²) in [5, 5.41) is 2.25. The molecule has 1 fully saturated rings. The van der Waals surface area contributed by atoms with Crippen molar-refractivity contribution in [3.63, 3.8) is 0 Å². The van der Waals surface area contributed by atoms with E-state index in [0.29, 0.717) is 5.56 Å². The summed E-state index contributed by atoms with van der Waals surface area (Å²) < 4.78 is 22.7. The number of imide groups is 1. The number of sulfone groups is 1. The third-order valence-electron chi connectivity index (χ3n) is 3.19. The van der Waals surface area contributed by atoms with Gasteiger partial charge in [0.2, 0.25) is 11.8 Å². The van der Waals surface area contributed by atoms with Crippen LogP contribution in [0.4, 0.5) is 0 Å². The molecule has 0 radical (unpaired) electrons. The molecule has 1 atom stereocenters. The molecule has 18 heavy (non-hydrogen) atoms. The van der Waals surface area contributed by atoms with Crippen LogP contribution < -0.4 is 5.32 Å². The highest BCUT2D eigenvalue weighted by atomic mass is 32.2. The Hall–Kier alpha value is -1.69. The lowest BCUT2D eigenvalue weighted by molar-refractivity contribution is -0.126. The van der Waals surface area contributed by atoms with Gasteiger partial charge >= 0.3 is 0 Å². The standard InChI is InChI=1S/C12H13NO4S/c1-12(7-10(14)13-11(12)15)8-3-5-9(6-4-8)18(2,16)17/h3-6H,7H2,1-2H3,(H,13,14,15). The lowest BCUT2D eigenvalue weighted by Crippen LogP contribution is -2.32. The number of benzene rings is 1. The maximum atomic E-state index is 11.7. The second-order valence-electron chi connectivity index (χ2n) is 4.68. The van der Waals surface area contributed by atoms with E-state index in [1.54, 1.807) is 19.1 Å². The number of amides is 2. The summed E-state index contributed by atoms with van der Waals surface area (Å²) in [4.78, 5) is 23.2. The van der Waals surface area contributed by atoms with Gasteiger partial charge in [-0.15, -0.1) is 0 Å². The maximum Gasteiger partial charge on any atom is 0.237 e. The molecule has 1 aliphatic rings. The highest BCUT2D eigenvalue weighted by molar-refractivity contribution is 7.90. The summed E-state index contributed by atoms with van der Waals surface area (Å²) in [6.07, 6.45) is 1.21. The largest absolute Gasteiger partial charge is 0.296 e. The molecular weight excluding hydrogens is 254 g/mol.